The van der Waals surface area contributed by atoms with Crippen LogP contribution in [0.25, 0.3) is 0 Å². The van der Waals surface area contributed by atoms with Crippen molar-refractivity contribution in [2.75, 3.05) is 34.5 Å². The van der Waals surface area contributed by atoms with Crippen LogP contribution < -0.4 is 5.73 Å². The van der Waals surface area contributed by atoms with Gasteiger partial charge >= 0.3 is 0 Å². The van der Waals surface area contributed by atoms with Crippen molar-refractivity contribution in [3.8, 4) is 0 Å². The molecule has 2 heterocycles. The lowest BCUT2D eigenvalue weighted by atomic mass is 9.75. The van der Waals surface area contributed by atoms with Crippen LogP contribution in [0.15, 0.2) is 27.7 Å². The molecular weight excluding hydrogens is 393 g/mol. The highest BCUT2D eigenvalue weighted by Gasteiger charge is 2.50. The fraction of sp³-hybridized carbons (Fsp3) is 0.529. The van der Waals surface area contributed by atoms with Crippen molar-refractivity contribution in [2.45, 2.75) is 18.4 Å². The Morgan fingerprint density at radius 3 is 2.88 bits per heavy atom. The lowest BCUT2D eigenvalue weighted by Gasteiger charge is -2.45. The van der Waals surface area contributed by atoms with Crippen molar-refractivity contribution in [1.29, 1.82) is 0 Å². The maximum Gasteiger partial charge on any atom is 0.234 e. The molecule has 0 aromatic heterocycles. The van der Waals surface area contributed by atoms with E-state index < -0.39 is 5.54 Å². The van der Waals surface area contributed by atoms with Crippen molar-refractivity contribution in [2.24, 2.45) is 16.6 Å². The third kappa shape index (κ3) is 4.19. The SMILES string of the molecule is CN1C(=O)C2CCOCC2(Cc2cc(Br)ccc2F)N=C1N.COC. The predicted octanol–water partition coefficient (Wildman–Crippen LogP) is 1.96. The van der Waals surface area contributed by atoms with E-state index in [0.29, 0.717) is 18.6 Å². The normalized spacial score (nSPS) is 25.6. The fourth-order valence-corrected chi connectivity index (χ4v) is 3.56. The van der Waals surface area contributed by atoms with Crippen LogP contribution in [0.1, 0.15) is 12.0 Å². The molecule has 3 rings (SSSR count). The first kappa shape index (κ1) is 19.8. The average molecular weight is 416 g/mol. The van der Waals surface area contributed by atoms with Crippen LogP contribution in [-0.2, 0) is 20.7 Å². The Labute approximate surface area is 155 Å². The number of aliphatic imine (C=N–C) groups is 1. The number of hydrogen-bond donors (Lipinski definition) is 1. The summed E-state index contributed by atoms with van der Waals surface area (Å²) >= 11 is 3.35. The fourth-order valence-electron chi connectivity index (χ4n) is 3.15. The van der Waals surface area contributed by atoms with Gasteiger partial charge < -0.3 is 15.2 Å². The summed E-state index contributed by atoms with van der Waals surface area (Å²) in [4.78, 5) is 18.4. The van der Waals surface area contributed by atoms with Gasteiger partial charge in [-0.25, -0.2) is 9.38 Å². The van der Waals surface area contributed by atoms with Crippen LogP contribution in [0, 0.1) is 11.7 Å². The topological polar surface area (TPSA) is 77.2 Å². The molecule has 2 N–H and O–H groups in total. The van der Waals surface area contributed by atoms with Gasteiger partial charge in [0.05, 0.1) is 12.5 Å². The van der Waals surface area contributed by atoms with Gasteiger partial charge in [0, 0.05) is 38.8 Å². The molecule has 2 aliphatic heterocycles. The monoisotopic (exact) mass is 415 g/mol. The molecule has 0 aliphatic carbocycles. The minimum absolute atomic E-state index is 0.0776. The van der Waals surface area contributed by atoms with E-state index in [2.05, 4.69) is 25.7 Å². The number of benzene rings is 1. The Morgan fingerprint density at radius 1 is 1.52 bits per heavy atom. The molecule has 1 amide bonds. The number of fused-ring (bicyclic) bond motifs is 1. The summed E-state index contributed by atoms with van der Waals surface area (Å²) < 4.78 is 24.7. The van der Waals surface area contributed by atoms with Gasteiger partial charge in [0.15, 0.2) is 5.96 Å². The minimum atomic E-state index is -0.826. The second-order valence-corrected chi connectivity index (χ2v) is 7.10. The molecule has 25 heavy (non-hydrogen) atoms. The van der Waals surface area contributed by atoms with E-state index in [4.69, 9.17) is 10.5 Å². The molecule has 2 unspecified atom stereocenters. The molecule has 0 bridgehead atoms. The molecule has 2 atom stereocenters. The van der Waals surface area contributed by atoms with Gasteiger partial charge in [0.2, 0.25) is 5.91 Å². The second-order valence-electron chi connectivity index (χ2n) is 6.19. The summed E-state index contributed by atoms with van der Waals surface area (Å²) in [6, 6.07) is 4.76. The predicted molar refractivity (Wildman–Crippen MR) is 96.8 cm³/mol. The van der Waals surface area contributed by atoms with Crippen LogP contribution in [0.4, 0.5) is 4.39 Å². The van der Waals surface area contributed by atoms with Gasteiger partial charge in [0.25, 0.3) is 0 Å². The third-order valence-electron chi connectivity index (χ3n) is 4.37. The summed E-state index contributed by atoms with van der Waals surface area (Å²) in [5.41, 5.74) is 5.55. The van der Waals surface area contributed by atoms with Crippen LogP contribution in [0.3, 0.4) is 0 Å². The maximum atomic E-state index is 14.1. The summed E-state index contributed by atoms with van der Waals surface area (Å²) in [6.07, 6.45) is 0.846. The highest BCUT2D eigenvalue weighted by molar-refractivity contribution is 9.10. The number of carbonyl (C=O) groups excluding carboxylic acids is 1. The van der Waals surface area contributed by atoms with Crippen molar-refractivity contribution in [1.82, 2.24) is 4.90 Å². The van der Waals surface area contributed by atoms with Crippen molar-refractivity contribution in [3.05, 3.63) is 34.1 Å². The largest absolute Gasteiger partial charge is 0.388 e. The first-order valence-electron chi connectivity index (χ1n) is 7.89. The summed E-state index contributed by atoms with van der Waals surface area (Å²) in [5.74, 6) is -0.577. The zero-order chi connectivity index (χ0) is 18.6. The summed E-state index contributed by atoms with van der Waals surface area (Å²) in [5, 5.41) is 0. The number of rotatable bonds is 2. The number of amides is 1. The summed E-state index contributed by atoms with van der Waals surface area (Å²) in [6.45, 7) is 0.770. The molecule has 0 spiro atoms. The maximum absolute atomic E-state index is 14.1. The Hall–Kier alpha value is -1.51. The van der Waals surface area contributed by atoms with Gasteiger partial charge in [0.1, 0.15) is 11.4 Å². The van der Waals surface area contributed by atoms with E-state index in [0.717, 1.165) is 4.47 Å². The molecule has 1 saturated heterocycles. The number of ether oxygens (including phenoxy) is 2. The van der Waals surface area contributed by atoms with Gasteiger partial charge in [-0.1, -0.05) is 15.9 Å². The number of carbonyl (C=O) groups is 1. The second kappa shape index (κ2) is 8.25. The first-order valence-corrected chi connectivity index (χ1v) is 8.68. The van der Waals surface area contributed by atoms with Crippen molar-refractivity contribution >= 4 is 27.8 Å². The van der Waals surface area contributed by atoms with E-state index in [1.807, 2.05) is 0 Å². The Kier molecular flexibility index (Phi) is 6.53. The third-order valence-corrected chi connectivity index (χ3v) is 4.86. The number of guanidine groups is 1. The number of hydrogen-bond acceptors (Lipinski definition) is 5. The van der Waals surface area contributed by atoms with E-state index in [1.165, 1.54) is 11.0 Å². The molecule has 138 valence electrons. The average Bonchev–Trinajstić information content (AvgIpc) is 2.57. The molecule has 1 aromatic rings. The van der Waals surface area contributed by atoms with Crippen LogP contribution in [-0.4, -0.2) is 56.8 Å². The standard InChI is InChI=1S/C15H17BrFN3O2.C2H6O/c1-20-13(21)11-4-5-22-8-15(11,19-14(20)18)7-9-6-10(16)2-3-12(9)17;1-3-2/h2-3,6,11H,4-5,7-8H2,1H3,(H2,18,19);1-2H3. The van der Waals surface area contributed by atoms with Crippen molar-refractivity contribution in [3.63, 3.8) is 0 Å². The minimum Gasteiger partial charge on any atom is -0.388 e. The molecule has 1 aromatic carbocycles. The molecule has 0 radical (unpaired) electrons. The molecule has 1 fully saturated rings. The molecule has 0 saturated carbocycles. The molecule has 8 heteroatoms. The smallest absolute Gasteiger partial charge is 0.234 e. The lowest BCUT2D eigenvalue weighted by molar-refractivity contribution is -0.139. The van der Waals surface area contributed by atoms with Crippen LogP contribution >= 0.6 is 15.9 Å². The van der Waals surface area contributed by atoms with Gasteiger partial charge in [-0.3, -0.25) is 9.69 Å². The Morgan fingerprint density at radius 2 is 2.20 bits per heavy atom. The van der Waals surface area contributed by atoms with Gasteiger partial charge in [-0.05, 0) is 30.2 Å². The van der Waals surface area contributed by atoms with Crippen molar-refractivity contribution < 1.29 is 18.7 Å². The quantitative estimate of drug-likeness (QED) is 0.800. The lowest BCUT2D eigenvalue weighted by Crippen LogP contribution is -2.60. The molecule has 2 aliphatic rings. The van der Waals surface area contributed by atoms with E-state index >= 15 is 0 Å². The van der Waals surface area contributed by atoms with E-state index in [9.17, 15) is 9.18 Å². The first-order chi connectivity index (χ1) is 11.8. The van der Waals surface area contributed by atoms with Crippen LogP contribution in [0.2, 0.25) is 0 Å². The van der Waals surface area contributed by atoms with Crippen LogP contribution in [0.5, 0.6) is 0 Å². The van der Waals surface area contributed by atoms with E-state index in [-0.39, 0.29) is 36.6 Å². The van der Waals surface area contributed by atoms with Gasteiger partial charge in [-0.2, -0.15) is 0 Å². The summed E-state index contributed by atoms with van der Waals surface area (Å²) in [7, 11) is 4.86. The Balaban J connectivity index is 0.000000701. The number of halogens is 2. The van der Waals surface area contributed by atoms with E-state index in [1.54, 1.807) is 33.4 Å². The number of methoxy groups -OCH3 is 1. The number of nitrogens with zero attached hydrogens (tertiary/aromatic N) is 2. The van der Waals surface area contributed by atoms with Gasteiger partial charge in [-0.15, -0.1) is 0 Å². The molecular formula is C17H23BrFN3O3. The molecule has 6 nitrogen and oxygen atoms in total. The zero-order valence-corrected chi connectivity index (χ0v) is 16.2. The number of nitrogens with two attached hydrogens (primary N) is 1. The zero-order valence-electron chi connectivity index (χ0n) is 14.6. The highest BCUT2D eigenvalue weighted by Crippen LogP contribution is 2.38. The Bertz CT molecular complexity index is 671. The highest BCUT2D eigenvalue weighted by atomic mass is 79.9.